The van der Waals surface area contributed by atoms with Gasteiger partial charge in [-0.3, -0.25) is 0 Å². The normalized spacial score (nSPS) is 11.8. The van der Waals surface area contributed by atoms with Gasteiger partial charge < -0.3 is 19.9 Å². The van der Waals surface area contributed by atoms with Crippen molar-refractivity contribution in [2.75, 3.05) is 20.3 Å². The number of hydrogen-bond acceptors (Lipinski definition) is 5. The summed E-state index contributed by atoms with van der Waals surface area (Å²) in [5, 5.41) is 0. The van der Waals surface area contributed by atoms with Crippen LogP contribution in [0.4, 0.5) is 0 Å². The lowest BCUT2D eigenvalue weighted by Gasteiger charge is -2.13. The smallest absolute Gasteiger partial charge is 0.344 e. The van der Waals surface area contributed by atoms with Crippen LogP contribution in [-0.2, 0) is 9.53 Å². The van der Waals surface area contributed by atoms with E-state index in [2.05, 4.69) is 0 Å². The van der Waals surface area contributed by atoms with Gasteiger partial charge in [-0.2, -0.15) is 0 Å². The summed E-state index contributed by atoms with van der Waals surface area (Å²) in [7, 11) is 1.55. The number of rotatable bonds is 8. The molecule has 20 heavy (non-hydrogen) atoms. The van der Waals surface area contributed by atoms with Crippen LogP contribution >= 0.6 is 0 Å². The SMILES string of the molecule is CCCCOC(=O)COc1ccc([C@H](C)N)cc1OC. The molecule has 0 fully saturated rings. The first-order chi connectivity index (χ1) is 9.58. The van der Waals surface area contributed by atoms with Crippen molar-refractivity contribution in [3.05, 3.63) is 23.8 Å². The van der Waals surface area contributed by atoms with Gasteiger partial charge >= 0.3 is 5.97 Å². The number of methoxy groups -OCH3 is 1. The highest BCUT2D eigenvalue weighted by Gasteiger charge is 2.10. The molecule has 0 aliphatic rings. The summed E-state index contributed by atoms with van der Waals surface area (Å²) in [4.78, 5) is 11.5. The van der Waals surface area contributed by atoms with Crippen LogP contribution in [0.3, 0.4) is 0 Å². The molecule has 5 heteroatoms. The van der Waals surface area contributed by atoms with E-state index in [0.29, 0.717) is 18.1 Å². The Morgan fingerprint density at radius 1 is 1.35 bits per heavy atom. The molecule has 0 unspecified atom stereocenters. The molecule has 2 N–H and O–H groups in total. The van der Waals surface area contributed by atoms with E-state index in [1.807, 2.05) is 26.0 Å². The summed E-state index contributed by atoms with van der Waals surface area (Å²) in [6.07, 6.45) is 1.85. The molecule has 1 atom stereocenters. The molecule has 0 bridgehead atoms. The Morgan fingerprint density at radius 2 is 2.10 bits per heavy atom. The number of unbranched alkanes of at least 4 members (excludes halogenated alkanes) is 1. The lowest BCUT2D eigenvalue weighted by atomic mass is 10.1. The molecule has 1 aromatic rings. The van der Waals surface area contributed by atoms with Crippen molar-refractivity contribution in [2.24, 2.45) is 5.73 Å². The minimum Gasteiger partial charge on any atom is -0.493 e. The fraction of sp³-hybridized carbons (Fsp3) is 0.533. The van der Waals surface area contributed by atoms with Gasteiger partial charge in [0, 0.05) is 6.04 Å². The summed E-state index contributed by atoms with van der Waals surface area (Å²) < 4.78 is 15.7. The number of carbonyl (C=O) groups excluding carboxylic acids is 1. The summed E-state index contributed by atoms with van der Waals surface area (Å²) >= 11 is 0. The second-order valence-corrected chi connectivity index (χ2v) is 4.56. The predicted molar refractivity (Wildman–Crippen MR) is 77.0 cm³/mol. The molecule has 5 nitrogen and oxygen atoms in total. The van der Waals surface area contributed by atoms with Crippen molar-refractivity contribution in [1.82, 2.24) is 0 Å². The highest BCUT2D eigenvalue weighted by molar-refractivity contribution is 5.71. The van der Waals surface area contributed by atoms with Crippen LogP contribution in [0.25, 0.3) is 0 Å². The number of carbonyl (C=O) groups is 1. The van der Waals surface area contributed by atoms with Gasteiger partial charge in [0.1, 0.15) is 0 Å². The van der Waals surface area contributed by atoms with Crippen molar-refractivity contribution in [2.45, 2.75) is 32.7 Å². The Balaban J connectivity index is 2.57. The van der Waals surface area contributed by atoms with E-state index in [9.17, 15) is 4.79 Å². The molecular weight excluding hydrogens is 258 g/mol. The van der Waals surface area contributed by atoms with E-state index < -0.39 is 0 Å². The maximum absolute atomic E-state index is 11.5. The molecule has 0 heterocycles. The lowest BCUT2D eigenvalue weighted by Crippen LogP contribution is -2.16. The first kappa shape index (κ1) is 16.3. The molecule has 0 amide bonds. The largest absolute Gasteiger partial charge is 0.493 e. The summed E-state index contributed by atoms with van der Waals surface area (Å²) in [6.45, 7) is 4.23. The molecule has 1 rings (SSSR count). The van der Waals surface area contributed by atoms with Crippen LogP contribution in [0.2, 0.25) is 0 Å². The van der Waals surface area contributed by atoms with Gasteiger partial charge in [-0.05, 0) is 31.0 Å². The molecule has 0 spiro atoms. The Kier molecular flexibility index (Phi) is 6.87. The van der Waals surface area contributed by atoms with Gasteiger partial charge in [0.2, 0.25) is 0 Å². The average molecular weight is 281 g/mol. The van der Waals surface area contributed by atoms with Crippen LogP contribution in [-0.4, -0.2) is 26.3 Å². The van der Waals surface area contributed by atoms with E-state index in [4.69, 9.17) is 19.9 Å². The van der Waals surface area contributed by atoms with Crippen LogP contribution in [0, 0.1) is 0 Å². The minimum atomic E-state index is -0.378. The van der Waals surface area contributed by atoms with E-state index in [1.54, 1.807) is 13.2 Å². The fourth-order valence-corrected chi connectivity index (χ4v) is 1.60. The molecule has 0 aliphatic carbocycles. The van der Waals surface area contributed by atoms with Crippen molar-refractivity contribution in [1.29, 1.82) is 0 Å². The monoisotopic (exact) mass is 281 g/mol. The molecule has 0 aliphatic heterocycles. The van der Waals surface area contributed by atoms with Gasteiger partial charge in [-0.15, -0.1) is 0 Å². The van der Waals surface area contributed by atoms with Gasteiger partial charge in [0.05, 0.1) is 13.7 Å². The standard InChI is InChI=1S/C15H23NO4/c1-4-5-8-19-15(17)10-20-13-7-6-12(11(2)16)9-14(13)18-3/h6-7,9,11H,4-5,8,10,16H2,1-3H3/t11-/m0/s1. The maximum Gasteiger partial charge on any atom is 0.344 e. The first-order valence-electron chi connectivity index (χ1n) is 6.80. The number of nitrogens with two attached hydrogens (primary N) is 1. The number of hydrogen-bond donors (Lipinski definition) is 1. The molecule has 1 aromatic carbocycles. The number of benzene rings is 1. The average Bonchev–Trinajstić information content (AvgIpc) is 2.45. The van der Waals surface area contributed by atoms with Crippen molar-refractivity contribution in [3.63, 3.8) is 0 Å². The third-order valence-corrected chi connectivity index (χ3v) is 2.82. The Hall–Kier alpha value is -1.75. The molecule has 0 radical (unpaired) electrons. The highest BCUT2D eigenvalue weighted by Crippen LogP contribution is 2.29. The fourth-order valence-electron chi connectivity index (χ4n) is 1.60. The van der Waals surface area contributed by atoms with E-state index in [0.717, 1.165) is 18.4 Å². The van der Waals surface area contributed by atoms with E-state index in [1.165, 1.54) is 0 Å². The van der Waals surface area contributed by atoms with Gasteiger partial charge in [0.25, 0.3) is 0 Å². The quantitative estimate of drug-likeness (QED) is 0.585. The third-order valence-electron chi connectivity index (χ3n) is 2.82. The maximum atomic E-state index is 11.5. The summed E-state index contributed by atoms with van der Waals surface area (Å²) in [5.74, 6) is 0.683. The lowest BCUT2D eigenvalue weighted by molar-refractivity contribution is -0.146. The van der Waals surface area contributed by atoms with Crippen LogP contribution in [0.5, 0.6) is 11.5 Å². The Bertz CT molecular complexity index is 432. The predicted octanol–water partition coefficient (Wildman–Crippen LogP) is 2.44. The van der Waals surface area contributed by atoms with Gasteiger partial charge in [-0.25, -0.2) is 4.79 Å². The zero-order chi connectivity index (χ0) is 15.0. The number of esters is 1. The summed E-state index contributed by atoms with van der Waals surface area (Å²) in [6, 6.07) is 5.32. The van der Waals surface area contributed by atoms with E-state index in [-0.39, 0.29) is 18.6 Å². The van der Waals surface area contributed by atoms with Gasteiger partial charge in [0.15, 0.2) is 18.1 Å². The van der Waals surface area contributed by atoms with Crippen molar-refractivity contribution < 1.29 is 19.0 Å². The second kappa shape index (κ2) is 8.43. The van der Waals surface area contributed by atoms with Crippen LogP contribution in [0.15, 0.2) is 18.2 Å². The van der Waals surface area contributed by atoms with E-state index >= 15 is 0 Å². The Labute approximate surface area is 120 Å². The van der Waals surface area contributed by atoms with Crippen molar-refractivity contribution >= 4 is 5.97 Å². The van der Waals surface area contributed by atoms with Crippen molar-refractivity contribution in [3.8, 4) is 11.5 Å². The molecule has 0 saturated carbocycles. The molecule has 0 aromatic heterocycles. The van der Waals surface area contributed by atoms with Crippen LogP contribution < -0.4 is 15.2 Å². The zero-order valence-electron chi connectivity index (χ0n) is 12.3. The van der Waals surface area contributed by atoms with Gasteiger partial charge in [-0.1, -0.05) is 19.4 Å². The summed E-state index contributed by atoms with van der Waals surface area (Å²) in [5.41, 5.74) is 6.75. The van der Waals surface area contributed by atoms with Crippen LogP contribution in [0.1, 0.15) is 38.3 Å². The zero-order valence-corrected chi connectivity index (χ0v) is 12.3. The highest BCUT2D eigenvalue weighted by atomic mass is 16.6. The molecular formula is C15H23NO4. The second-order valence-electron chi connectivity index (χ2n) is 4.56. The minimum absolute atomic E-state index is 0.0861. The third kappa shape index (κ3) is 5.09. The topological polar surface area (TPSA) is 70.8 Å². The number of ether oxygens (including phenoxy) is 3. The molecule has 0 saturated heterocycles. The Morgan fingerprint density at radius 3 is 2.70 bits per heavy atom. The first-order valence-corrected chi connectivity index (χ1v) is 6.80. The molecule has 112 valence electrons.